The first-order valence-electron chi connectivity index (χ1n) is 7.22. The molecule has 6 heteroatoms. The summed E-state index contributed by atoms with van der Waals surface area (Å²) in [5.74, 6) is -2.74. The predicted molar refractivity (Wildman–Crippen MR) is 81.6 cm³/mol. The van der Waals surface area contributed by atoms with Crippen molar-refractivity contribution in [1.29, 1.82) is 0 Å². The number of nitrogens with one attached hydrogen (secondary N) is 1. The van der Waals surface area contributed by atoms with Crippen LogP contribution in [0.25, 0.3) is 0 Å². The number of carboxylic acid groups (broad SMARTS) is 1. The van der Waals surface area contributed by atoms with E-state index in [-0.39, 0.29) is 5.91 Å². The fourth-order valence-corrected chi connectivity index (χ4v) is 2.66. The van der Waals surface area contributed by atoms with Crippen molar-refractivity contribution in [1.82, 2.24) is 5.32 Å². The topological polar surface area (TPSA) is 86.7 Å². The number of carbonyl (C=O) groups is 3. The lowest BCUT2D eigenvalue weighted by Gasteiger charge is -2.18. The maximum atomic E-state index is 12.4. The molecular formula is C16H20N2O4. The first-order chi connectivity index (χ1) is 10.3. The van der Waals surface area contributed by atoms with Gasteiger partial charge >= 0.3 is 5.97 Å². The van der Waals surface area contributed by atoms with Gasteiger partial charge in [0.05, 0.1) is 0 Å². The summed E-state index contributed by atoms with van der Waals surface area (Å²) in [5, 5.41) is 11.2. The number of benzene rings is 1. The Kier molecular flexibility index (Phi) is 4.49. The van der Waals surface area contributed by atoms with Crippen molar-refractivity contribution in [2.45, 2.75) is 33.2 Å². The third-order valence-corrected chi connectivity index (χ3v) is 3.77. The van der Waals surface area contributed by atoms with Crippen molar-refractivity contribution in [2.24, 2.45) is 5.92 Å². The number of nitrogens with zero attached hydrogens (tertiary/aromatic N) is 1. The molecule has 1 saturated heterocycles. The quantitative estimate of drug-likeness (QED) is 0.820. The van der Waals surface area contributed by atoms with Crippen LogP contribution >= 0.6 is 0 Å². The van der Waals surface area contributed by atoms with Crippen LogP contribution in [-0.2, 0) is 14.4 Å². The molecule has 1 aliphatic rings. The van der Waals surface area contributed by atoms with Gasteiger partial charge in [0, 0.05) is 12.2 Å². The maximum Gasteiger partial charge on any atom is 0.325 e. The fraction of sp³-hybridized carbons (Fsp3) is 0.438. The molecular weight excluding hydrogens is 284 g/mol. The van der Waals surface area contributed by atoms with Crippen LogP contribution in [0.1, 0.15) is 24.5 Å². The molecule has 1 fully saturated rings. The normalized spacial score (nSPS) is 19.1. The van der Waals surface area contributed by atoms with Gasteiger partial charge in [-0.15, -0.1) is 0 Å². The largest absolute Gasteiger partial charge is 0.480 e. The molecule has 0 saturated carbocycles. The summed E-state index contributed by atoms with van der Waals surface area (Å²) in [6, 6.07) is 4.83. The number of hydrogen-bond acceptors (Lipinski definition) is 3. The molecule has 2 N–H and O–H groups in total. The summed E-state index contributed by atoms with van der Waals surface area (Å²) in [4.78, 5) is 36.9. The lowest BCUT2D eigenvalue weighted by Crippen LogP contribution is -2.44. The molecule has 0 spiro atoms. The Balaban J connectivity index is 2.12. The molecule has 2 rings (SSSR count). The number of amides is 2. The van der Waals surface area contributed by atoms with Crippen LogP contribution in [0.5, 0.6) is 0 Å². The summed E-state index contributed by atoms with van der Waals surface area (Å²) in [7, 11) is 0. The Hall–Kier alpha value is -2.37. The van der Waals surface area contributed by atoms with E-state index in [0.717, 1.165) is 16.8 Å². The summed E-state index contributed by atoms with van der Waals surface area (Å²) in [5.41, 5.74) is 2.88. The fourth-order valence-electron chi connectivity index (χ4n) is 2.66. The molecule has 1 aliphatic heterocycles. The van der Waals surface area contributed by atoms with Crippen LogP contribution in [0, 0.1) is 19.8 Å². The number of aliphatic carboxylic acids is 1. The minimum atomic E-state index is -1.12. The van der Waals surface area contributed by atoms with Gasteiger partial charge in [-0.3, -0.25) is 14.4 Å². The average molecular weight is 304 g/mol. The highest BCUT2D eigenvalue weighted by Gasteiger charge is 2.38. The molecule has 1 aromatic rings. The second kappa shape index (κ2) is 6.17. The smallest absolute Gasteiger partial charge is 0.325 e. The second-order valence-corrected chi connectivity index (χ2v) is 5.75. The number of aryl methyl sites for hydroxylation is 2. The van der Waals surface area contributed by atoms with Gasteiger partial charge in [0.1, 0.15) is 12.0 Å². The van der Waals surface area contributed by atoms with E-state index in [0.29, 0.717) is 13.0 Å². The molecule has 118 valence electrons. The van der Waals surface area contributed by atoms with E-state index in [9.17, 15) is 14.4 Å². The first kappa shape index (κ1) is 16.0. The Morgan fingerprint density at radius 1 is 1.27 bits per heavy atom. The SMILES string of the molecule is Cc1cc(C)cc(N2CCC(C(=O)NC(C)C(=O)O)C2=O)c1. The number of carbonyl (C=O) groups excluding carboxylic acids is 2. The van der Waals surface area contributed by atoms with Gasteiger partial charge in [-0.1, -0.05) is 6.07 Å². The third-order valence-electron chi connectivity index (χ3n) is 3.77. The molecule has 0 bridgehead atoms. The molecule has 1 aromatic carbocycles. The first-order valence-corrected chi connectivity index (χ1v) is 7.22. The lowest BCUT2D eigenvalue weighted by molar-refractivity contribution is -0.143. The van der Waals surface area contributed by atoms with Crippen LogP contribution in [-0.4, -0.2) is 35.5 Å². The predicted octanol–water partition coefficient (Wildman–Crippen LogP) is 1.25. The lowest BCUT2D eigenvalue weighted by atomic mass is 10.1. The van der Waals surface area contributed by atoms with Gasteiger partial charge in [-0.05, 0) is 50.5 Å². The Morgan fingerprint density at radius 2 is 1.86 bits per heavy atom. The molecule has 2 atom stereocenters. The number of anilines is 1. The van der Waals surface area contributed by atoms with Crippen molar-refractivity contribution >= 4 is 23.5 Å². The maximum absolute atomic E-state index is 12.4. The zero-order valence-electron chi connectivity index (χ0n) is 12.9. The van der Waals surface area contributed by atoms with E-state index < -0.39 is 23.8 Å². The highest BCUT2D eigenvalue weighted by atomic mass is 16.4. The van der Waals surface area contributed by atoms with Crippen LogP contribution < -0.4 is 10.2 Å². The van der Waals surface area contributed by atoms with E-state index in [1.54, 1.807) is 4.90 Å². The van der Waals surface area contributed by atoms with Gasteiger partial charge < -0.3 is 15.3 Å². The minimum absolute atomic E-state index is 0.278. The monoisotopic (exact) mass is 304 g/mol. The van der Waals surface area contributed by atoms with Crippen molar-refractivity contribution in [3.63, 3.8) is 0 Å². The Labute approximate surface area is 129 Å². The average Bonchev–Trinajstić information content (AvgIpc) is 2.79. The minimum Gasteiger partial charge on any atom is -0.480 e. The second-order valence-electron chi connectivity index (χ2n) is 5.75. The standard InChI is InChI=1S/C16H20N2O4/c1-9-6-10(2)8-12(7-9)18-5-4-13(15(18)20)14(19)17-11(3)16(21)22/h6-8,11,13H,4-5H2,1-3H3,(H,17,19)(H,21,22). The zero-order valence-corrected chi connectivity index (χ0v) is 12.9. The van der Waals surface area contributed by atoms with E-state index in [4.69, 9.17) is 5.11 Å². The number of carboxylic acids is 1. The van der Waals surface area contributed by atoms with Gasteiger partial charge in [0.15, 0.2) is 0 Å². The highest BCUT2D eigenvalue weighted by Crippen LogP contribution is 2.27. The van der Waals surface area contributed by atoms with E-state index in [2.05, 4.69) is 5.32 Å². The highest BCUT2D eigenvalue weighted by molar-refractivity contribution is 6.10. The summed E-state index contributed by atoms with van der Waals surface area (Å²) >= 11 is 0. The van der Waals surface area contributed by atoms with Crippen molar-refractivity contribution in [3.05, 3.63) is 29.3 Å². The van der Waals surface area contributed by atoms with Gasteiger partial charge in [0.25, 0.3) is 0 Å². The zero-order chi connectivity index (χ0) is 16.4. The van der Waals surface area contributed by atoms with Crippen molar-refractivity contribution < 1.29 is 19.5 Å². The van der Waals surface area contributed by atoms with Crippen molar-refractivity contribution in [2.75, 3.05) is 11.4 Å². The van der Waals surface area contributed by atoms with Gasteiger partial charge in [0.2, 0.25) is 11.8 Å². The van der Waals surface area contributed by atoms with Gasteiger partial charge in [-0.2, -0.15) is 0 Å². The van der Waals surface area contributed by atoms with Crippen LogP contribution in [0.4, 0.5) is 5.69 Å². The summed E-state index contributed by atoms with van der Waals surface area (Å²) < 4.78 is 0. The van der Waals surface area contributed by atoms with E-state index in [1.807, 2.05) is 32.0 Å². The molecule has 22 heavy (non-hydrogen) atoms. The molecule has 0 aliphatic carbocycles. The number of hydrogen-bond donors (Lipinski definition) is 2. The van der Waals surface area contributed by atoms with Crippen LogP contribution in [0.15, 0.2) is 18.2 Å². The Morgan fingerprint density at radius 3 is 2.41 bits per heavy atom. The molecule has 0 aromatic heterocycles. The van der Waals surface area contributed by atoms with Crippen molar-refractivity contribution in [3.8, 4) is 0 Å². The molecule has 6 nitrogen and oxygen atoms in total. The molecule has 1 heterocycles. The van der Waals surface area contributed by atoms with Gasteiger partial charge in [-0.25, -0.2) is 0 Å². The summed E-state index contributed by atoms with van der Waals surface area (Å²) in [6.45, 7) is 5.74. The number of rotatable bonds is 4. The van der Waals surface area contributed by atoms with Crippen LogP contribution in [0.3, 0.4) is 0 Å². The molecule has 2 amide bonds. The van der Waals surface area contributed by atoms with E-state index >= 15 is 0 Å². The Bertz CT molecular complexity index is 606. The van der Waals surface area contributed by atoms with Crippen LogP contribution in [0.2, 0.25) is 0 Å². The molecule has 2 unspecified atom stereocenters. The summed E-state index contributed by atoms with van der Waals surface area (Å²) in [6.07, 6.45) is 0.393. The molecule has 0 radical (unpaired) electrons. The third kappa shape index (κ3) is 3.27. The van der Waals surface area contributed by atoms with E-state index in [1.165, 1.54) is 6.92 Å².